The minimum absolute atomic E-state index is 0.129. The van der Waals surface area contributed by atoms with Crippen molar-refractivity contribution in [1.82, 2.24) is 15.6 Å². The average Bonchev–Trinajstić information content (AvgIpc) is 3.10. The first kappa shape index (κ1) is 20.1. The van der Waals surface area contributed by atoms with Gasteiger partial charge in [0.1, 0.15) is 12.1 Å². The van der Waals surface area contributed by atoms with Gasteiger partial charge in [-0.25, -0.2) is 4.79 Å². The molecule has 0 aliphatic carbocycles. The molecule has 3 aromatic rings. The SMILES string of the molecule is Cc1cccc(C(=O)NC(C)C(=O)NC(Cc2c[nH]c3ccccc23)C(=O)O)c1. The third-order valence-electron chi connectivity index (χ3n) is 4.73. The molecule has 2 aromatic carbocycles. The first-order valence-corrected chi connectivity index (χ1v) is 9.31. The topological polar surface area (TPSA) is 111 Å². The van der Waals surface area contributed by atoms with E-state index in [0.717, 1.165) is 22.0 Å². The quantitative estimate of drug-likeness (QED) is 0.494. The van der Waals surface area contributed by atoms with Crippen molar-refractivity contribution < 1.29 is 19.5 Å². The molecule has 29 heavy (non-hydrogen) atoms. The predicted octanol–water partition coefficient (Wildman–Crippen LogP) is 2.41. The first-order chi connectivity index (χ1) is 13.8. The highest BCUT2D eigenvalue weighted by Crippen LogP contribution is 2.19. The van der Waals surface area contributed by atoms with Crippen LogP contribution in [0.4, 0.5) is 0 Å². The van der Waals surface area contributed by atoms with Gasteiger partial charge in [-0.3, -0.25) is 9.59 Å². The Hall–Kier alpha value is -3.61. The summed E-state index contributed by atoms with van der Waals surface area (Å²) in [6.07, 6.45) is 1.87. The number of para-hydroxylation sites is 1. The second kappa shape index (κ2) is 8.60. The van der Waals surface area contributed by atoms with Gasteiger partial charge < -0.3 is 20.7 Å². The number of H-pyrrole nitrogens is 1. The molecule has 1 heterocycles. The van der Waals surface area contributed by atoms with Gasteiger partial charge in [0, 0.05) is 29.1 Å². The highest BCUT2D eigenvalue weighted by molar-refractivity contribution is 5.98. The maximum atomic E-state index is 12.5. The molecule has 0 spiro atoms. The summed E-state index contributed by atoms with van der Waals surface area (Å²) < 4.78 is 0. The lowest BCUT2D eigenvalue weighted by Crippen LogP contribution is -2.51. The molecule has 3 rings (SSSR count). The van der Waals surface area contributed by atoms with Gasteiger partial charge in [-0.2, -0.15) is 0 Å². The Kier molecular flexibility index (Phi) is 5.97. The Morgan fingerprint density at radius 1 is 1.07 bits per heavy atom. The number of amides is 2. The minimum Gasteiger partial charge on any atom is -0.480 e. The number of carboxylic acids is 1. The van der Waals surface area contributed by atoms with E-state index in [2.05, 4.69) is 15.6 Å². The number of aromatic nitrogens is 1. The van der Waals surface area contributed by atoms with E-state index in [4.69, 9.17) is 0 Å². The van der Waals surface area contributed by atoms with Crippen molar-refractivity contribution in [2.24, 2.45) is 0 Å². The standard InChI is InChI=1S/C22H23N3O4/c1-13-6-5-7-15(10-13)21(27)24-14(2)20(26)25-19(22(28)29)11-16-12-23-18-9-4-3-8-17(16)18/h3-10,12,14,19,23H,11H2,1-2H3,(H,24,27)(H,25,26)(H,28,29). The molecule has 0 radical (unpaired) electrons. The van der Waals surface area contributed by atoms with Crippen LogP contribution in [0.15, 0.2) is 54.7 Å². The van der Waals surface area contributed by atoms with Crippen molar-refractivity contribution in [1.29, 1.82) is 0 Å². The molecule has 7 nitrogen and oxygen atoms in total. The number of aryl methyl sites for hydroxylation is 1. The lowest BCUT2D eigenvalue weighted by Gasteiger charge is -2.19. The van der Waals surface area contributed by atoms with Crippen LogP contribution in [0.2, 0.25) is 0 Å². The Morgan fingerprint density at radius 2 is 1.83 bits per heavy atom. The largest absolute Gasteiger partial charge is 0.480 e. The fraction of sp³-hybridized carbons (Fsp3) is 0.227. The van der Waals surface area contributed by atoms with Crippen LogP contribution in [0.5, 0.6) is 0 Å². The Bertz CT molecular complexity index is 1060. The summed E-state index contributed by atoms with van der Waals surface area (Å²) >= 11 is 0. The second-order valence-electron chi connectivity index (χ2n) is 7.03. The number of benzene rings is 2. The van der Waals surface area contributed by atoms with Crippen molar-refractivity contribution >= 4 is 28.7 Å². The smallest absolute Gasteiger partial charge is 0.326 e. The number of fused-ring (bicyclic) bond motifs is 1. The molecule has 0 aliphatic rings. The molecule has 4 N–H and O–H groups in total. The number of carbonyl (C=O) groups excluding carboxylic acids is 2. The van der Waals surface area contributed by atoms with Crippen molar-refractivity contribution in [3.8, 4) is 0 Å². The van der Waals surface area contributed by atoms with E-state index in [0.29, 0.717) is 5.56 Å². The predicted molar refractivity (Wildman–Crippen MR) is 110 cm³/mol. The number of aliphatic carboxylic acids is 1. The molecule has 0 aliphatic heterocycles. The van der Waals surface area contributed by atoms with Crippen LogP contribution >= 0.6 is 0 Å². The van der Waals surface area contributed by atoms with Gasteiger partial charge >= 0.3 is 5.97 Å². The van der Waals surface area contributed by atoms with E-state index in [9.17, 15) is 19.5 Å². The highest BCUT2D eigenvalue weighted by atomic mass is 16.4. The molecule has 1 aromatic heterocycles. The van der Waals surface area contributed by atoms with Crippen LogP contribution < -0.4 is 10.6 Å². The molecule has 2 unspecified atom stereocenters. The van der Waals surface area contributed by atoms with E-state index in [1.54, 1.807) is 24.4 Å². The third kappa shape index (κ3) is 4.82. The monoisotopic (exact) mass is 393 g/mol. The normalized spacial score (nSPS) is 12.9. The molecular formula is C22H23N3O4. The van der Waals surface area contributed by atoms with Gasteiger partial charge in [0.15, 0.2) is 0 Å². The van der Waals surface area contributed by atoms with E-state index in [-0.39, 0.29) is 12.3 Å². The second-order valence-corrected chi connectivity index (χ2v) is 7.03. The summed E-state index contributed by atoms with van der Waals surface area (Å²) in [7, 11) is 0. The van der Waals surface area contributed by atoms with Crippen LogP contribution in [0, 0.1) is 6.92 Å². The molecule has 0 bridgehead atoms. The molecule has 7 heteroatoms. The van der Waals surface area contributed by atoms with Crippen molar-refractivity contribution in [3.63, 3.8) is 0 Å². The zero-order valence-corrected chi connectivity index (χ0v) is 16.2. The van der Waals surface area contributed by atoms with Crippen molar-refractivity contribution in [3.05, 3.63) is 71.4 Å². The number of hydrogen-bond acceptors (Lipinski definition) is 3. The summed E-state index contributed by atoms with van der Waals surface area (Å²) in [5.41, 5.74) is 3.07. The lowest BCUT2D eigenvalue weighted by molar-refractivity contribution is -0.142. The van der Waals surface area contributed by atoms with Gasteiger partial charge in [-0.15, -0.1) is 0 Å². The van der Waals surface area contributed by atoms with E-state index < -0.39 is 24.0 Å². The van der Waals surface area contributed by atoms with Crippen LogP contribution in [-0.4, -0.2) is 40.0 Å². The Morgan fingerprint density at radius 3 is 2.55 bits per heavy atom. The van der Waals surface area contributed by atoms with E-state index in [1.807, 2.05) is 37.3 Å². The highest BCUT2D eigenvalue weighted by Gasteiger charge is 2.25. The molecule has 0 saturated carbocycles. The summed E-state index contributed by atoms with van der Waals surface area (Å²) in [5, 5.41) is 15.6. The molecular weight excluding hydrogens is 370 g/mol. The number of nitrogens with one attached hydrogen (secondary N) is 3. The van der Waals surface area contributed by atoms with Crippen molar-refractivity contribution in [2.45, 2.75) is 32.4 Å². The van der Waals surface area contributed by atoms with Gasteiger partial charge in [-0.05, 0) is 37.6 Å². The summed E-state index contributed by atoms with van der Waals surface area (Å²) in [4.78, 5) is 39.6. The summed E-state index contributed by atoms with van der Waals surface area (Å²) in [6, 6.07) is 12.6. The van der Waals surface area contributed by atoms with Gasteiger partial charge in [-0.1, -0.05) is 35.9 Å². The summed E-state index contributed by atoms with van der Waals surface area (Å²) in [5.74, 6) is -2.08. The number of rotatable bonds is 7. The van der Waals surface area contributed by atoms with Crippen LogP contribution in [0.25, 0.3) is 10.9 Å². The number of carboxylic acid groups (broad SMARTS) is 1. The first-order valence-electron chi connectivity index (χ1n) is 9.31. The fourth-order valence-electron chi connectivity index (χ4n) is 3.15. The van der Waals surface area contributed by atoms with E-state index >= 15 is 0 Å². The Labute approximate surface area is 168 Å². The Balaban J connectivity index is 1.66. The number of aromatic amines is 1. The minimum atomic E-state index is -1.14. The van der Waals surface area contributed by atoms with Crippen LogP contribution in [-0.2, 0) is 16.0 Å². The molecule has 2 amide bonds. The van der Waals surface area contributed by atoms with Gasteiger partial charge in [0.25, 0.3) is 5.91 Å². The fourth-order valence-corrected chi connectivity index (χ4v) is 3.15. The molecule has 2 atom stereocenters. The maximum absolute atomic E-state index is 12.5. The molecule has 0 saturated heterocycles. The van der Waals surface area contributed by atoms with Crippen LogP contribution in [0.1, 0.15) is 28.4 Å². The average molecular weight is 393 g/mol. The van der Waals surface area contributed by atoms with Crippen LogP contribution in [0.3, 0.4) is 0 Å². The molecule has 150 valence electrons. The summed E-state index contributed by atoms with van der Waals surface area (Å²) in [6.45, 7) is 3.39. The zero-order chi connectivity index (χ0) is 21.0. The number of hydrogen-bond donors (Lipinski definition) is 4. The van der Waals surface area contributed by atoms with Crippen molar-refractivity contribution in [2.75, 3.05) is 0 Å². The van der Waals surface area contributed by atoms with E-state index in [1.165, 1.54) is 6.92 Å². The maximum Gasteiger partial charge on any atom is 0.326 e. The number of carbonyl (C=O) groups is 3. The zero-order valence-electron chi connectivity index (χ0n) is 16.2. The lowest BCUT2D eigenvalue weighted by atomic mass is 10.0. The molecule has 0 fully saturated rings. The third-order valence-corrected chi connectivity index (χ3v) is 4.73. The van der Waals surface area contributed by atoms with Gasteiger partial charge in [0.05, 0.1) is 0 Å². The van der Waals surface area contributed by atoms with Gasteiger partial charge in [0.2, 0.25) is 5.91 Å².